The molecule has 4 aromatic carbocycles. The molecule has 0 radical (unpaired) electrons. The van der Waals surface area contributed by atoms with Crippen molar-refractivity contribution in [2.75, 3.05) is 4.90 Å². The largest absolute Gasteiger partial charge is 0.488 e. The van der Waals surface area contributed by atoms with Crippen molar-refractivity contribution < 1.29 is 19.1 Å². The van der Waals surface area contributed by atoms with Crippen molar-refractivity contribution >= 4 is 40.4 Å². The Morgan fingerprint density at radius 3 is 2.19 bits per heavy atom. The highest BCUT2D eigenvalue weighted by Crippen LogP contribution is 2.32. The molecule has 4 amide bonds. The summed E-state index contributed by atoms with van der Waals surface area (Å²) >= 11 is 0. The van der Waals surface area contributed by atoms with Gasteiger partial charge in [-0.05, 0) is 54.5 Å². The maximum absolute atomic E-state index is 13.4. The van der Waals surface area contributed by atoms with Gasteiger partial charge in [-0.1, -0.05) is 77.9 Å². The molecular formula is C30H24N2O4. The maximum atomic E-state index is 13.4. The van der Waals surface area contributed by atoms with Crippen molar-refractivity contribution in [2.45, 2.75) is 20.5 Å². The summed E-state index contributed by atoms with van der Waals surface area (Å²) in [6.07, 6.45) is 1.51. The second-order valence-electron chi connectivity index (χ2n) is 8.77. The summed E-state index contributed by atoms with van der Waals surface area (Å²) in [4.78, 5) is 39.8. The molecule has 6 nitrogen and oxygen atoms in total. The van der Waals surface area contributed by atoms with Gasteiger partial charge in [0.15, 0.2) is 0 Å². The first-order chi connectivity index (χ1) is 17.4. The van der Waals surface area contributed by atoms with E-state index in [-0.39, 0.29) is 5.57 Å². The number of anilines is 1. The Morgan fingerprint density at radius 1 is 0.806 bits per heavy atom. The van der Waals surface area contributed by atoms with Crippen molar-refractivity contribution in [3.8, 4) is 5.75 Å². The van der Waals surface area contributed by atoms with Crippen LogP contribution >= 0.6 is 0 Å². The normalized spacial score (nSPS) is 14.9. The number of barbiturate groups is 1. The molecule has 1 heterocycles. The highest BCUT2D eigenvalue weighted by molar-refractivity contribution is 6.39. The first-order valence-corrected chi connectivity index (χ1v) is 11.6. The molecule has 1 saturated heterocycles. The lowest BCUT2D eigenvalue weighted by Crippen LogP contribution is -2.54. The number of nitrogens with zero attached hydrogens (tertiary/aromatic N) is 1. The molecule has 178 valence electrons. The van der Waals surface area contributed by atoms with Crippen LogP contribution in [0.15, 0.2) is 90.5 Å². The highest BCUT2D eigenvalue weighted by atomic mass is 16.5. The van der Waals surface area contributed by atoms with Crippen LogP contribution in [0.4, 0.5) is 10.5 Å². The lowest BCUT2D eigenvalue weighted by molar-refractivity contribution is -0.122. The minimum absolute atomic E-state index is 0.147. The number of fused-ring (bicyclic) bond motifs is 1. The highest BCUT2D eigenvalue weighted by Gasteiger charge is 2.37. The summed E-state index contributed by atoms with van der Waals surface area (Å²) in [5, 5.41) is 4.05. The first kappa shape index (κ1) is 23.1. The van der Waals surface area contributed by atoms with E-state index in [0.29, 0.717) is 23.6 Å². The predicted octanol–water partition coefficient (Wildman–Crippen LogP) is 5.70. The van der Waals surface area contributed by atoms with E-state index < -0.39 is 17.8 Å². The molecule has 0 bridgehead atoms. The number of nitrogens with one attached hydrogen (secondary N) is 1. The number of hydrogen-bond acceptors (Lipinski definition) is 4. The molecule has 36 heavy (non-hydrogen) atoms. The van der Waals surface area contributed by atoms with Crippen LogP contribution in [0, 0.1) is 13.8 Å². The van der Waals surface area contributed by atoms with Gasteiger partial charge in [0.2, 0.25) is 0 Å². The molecule has 0 saturated carbocycles. The molecule has 0 unspecified atom stereocenters. The second kappa shape index (κ2) is 9.50. The van der Waals surface area contributed by atoms with Crippen LogP contribution in [0.1, 0.15) is 22.3 Å². The van der Waals surface area contributed by atoms with Gasteiger partial charge in [-0.25, -0.2) is 9.69 Å². The Bertz CT molecular complexity index is 1520. The number of carbonyl (C=O) groups excluding carboxylic acids is 3. The molecule has 0 atom stereocenters. The molecule has 1 aliphatic heterocycles. The number of hydrogen-bond donors (Lipinski definition) is 1. The molecular weight excluding hydrogens is 452 g/mol. The number of aryl methyl sites for hydroxylation is 2. The van der Waals surface area contributed by atoms with Crippen LogP contribution in [0.3, 0.4) is 0 Å². The van der Waals surface area contributed by atoms with Gasteiger partial charge in [0.25, 0.3) is 11.8 Å². The summed E-state index contributed by atoms with van der Waals surface area (Å²) in [5.41, 5.74) is 3.97. The Hall–Kier alpha value is -4.71. The van der Waals surface area contributed by atoms with Gasteiger partial charge in [-0.3, -0.25) is 14.9 Å². The fourth-order valence-corrected chi connectivity index (χ4v) is 4.13. The second-order valence-corrected chi connectivity index (χ2v) is 8.77. The molecule has 0 spiro atoms. The van der Waals surface area contributed by atoms with Crippen molar-refractivity contribution in [3.63, 3.8) is 0 Å². The molecule has 1 aliphatic rings. The van der Waals surface area contributed by atoms with Crippen LogP contribution < -0.4 is 15.0 Å². The van der Waals surface area contributed by atoms with Gasteiger partial charge < -0.3 is 4.74 Å². The van der Waals surface area contributed by atoms with Gasteiger partial charge in [-0.15, -0.1) is 0 Å². The molecule has 1 fully saturated rings. The third-order valence-electron chi connectivity index (χ3n) is 6.13. The van der Waals surface area contributed by atoms with Gasteiger partial charge in [0.05, 0.1) is 5.69 Å². The lowest BCUT2D eigenvalue weighted by atomic mass is 9.99. The lowest BCUT2D eigenvalue weighted by Gasteiger charge is -2.26. The van der Waals surface area contributed by atoms with Crippen LogP contribution in [0.5, 0.6) is 5.75 Å². The van der Waals surface area contributed by atoms with E-state index in [9.17, 15) is 14.4 Å². The fraction of sp³-hybridized carbons (Fsp3) is 0.100. The quantitative estimate of drug-likeness (QED) is 0.296. The SMILES string of the molecule is Cc1ccc(COc2ccc3ccccc3c2/C=C2\C(=O)NC(=O)N(c3ccc(C)cc3)C2=O)cc1. The smallest absolute Gasteiger partial charge is 0.335 e. The number of benzene rings is 4. The van der Waals surface area contributed by atoms with Crippen molar-refractivity contribution in [2.24, 2.45) is 0 Å². The monoisotopic (exact) mass is 476 g/mol. The van der Waals surface area contributed by atoms with E-state index in [1.54, 1.807) is 24.3 Å². The van der Waals surface area contributed by atoms with Crippen LogP contribution in [-0.4, -0.2) is 17.8 Å². The van der Waals surface area contributed by atoms with E-state index in [0.717, 1.165) is 32.4 Å². The topological polar surface area (TPSA) is 75.7 Å². The minimum atomic E-state index is -0.778. The summed E-state index contributed by atoms with van der Waals surface area (Å²) in [6, 6.07) is 25.6. The zero-order valence-electron chi connectivity index (χ0n) is 19.9. The number of amides is 4. The molecule has 0 aliphatic carbocycles. The average molecular weight is 477 g/mol. The first-order valence-electron chi connectivity index (χ1n) is 11.6. The van der Waals surface area contributed by atoms with Crippen molar-refractivity contribution in [1.82, 2.24) is 5.32 Å². The number of urea groups is 1. The van der Waals surface area contributed by atoms with E-state index in [2.05, 4.69) is 5.32 Å². The summed E-state index contributed by atoms with van der Waals surface area (Å²) in [5.74, 6) is -0.906. The zero-order chi connectivity index (χ0) is 25.2. The van der Waals surface area contributed by atoms with Crippen LogP contribution in [0.25, 0.3) is 16.8 Å². The maximum Gasteiger partial charge on any atom is 0.335 e. The van der Waals surface area contributed by atoms with Gasteiger partial charge in [0, 0.05) is 5.56 Å². The van der Waals surface area contributed by atoms with E-state index in [1.165, 1.54) is 6.08 Å². The van der Waals surface area contributed by atoms with Gasteiger partial charge >= 0.3 is 6.03 Å². The standard InChI is InChI=1S/C30H24N2O4/c1-19-7-11-21(12-8-19)18-36-27-16-13-22-5-3-4-6-24(22)25(27)17-26-28(33)31-30(35)32(29(26)34)23-14-9-20(2)10-15-23/h3-17H,18H2,1-2H3,(H,31,33,35)/b26-17+. The Balaban J connectivity index is 1.57. The number of carbonyl (C=O) groups is 3. The van der Waals surface area contributed by atoms with Crippen LogP contribution in [-0.2, 0) is 16.2 Å². The average Bonchev–Trinajstić information content (AvgIpc) is 2.87. The third-order valence-corrected chi connectivity index (χ3v) is 6.13. The molecule has 5 rings (SSSR count). The van der Waals surface area contributed by atoms with Gasteiger partial charge in [0.1, 0.15) is 17.9 Å². The number of imide groups is 2. The van der Waals surface area contributed by atoms with E-state index in [1.807, 2.05) is 74.5 Å². The Labute approximate surface area is 208 Å². The Morgan fingerprint density at radius 2 is 1.47 bits per heavy atom. The number of rotatable bonds is 5. The van der Waals surface area contributed by atoms with Gasteiger partial charge in [-0.2, -0.15) is 0 Å². The van der Waals surface area contributed by atoms with Crippen molar-refractivity contribution in [3.05, 3.63) is 113 Å². The molecule has 0 aromatic heterocycles. The Kier molecular flexibility index (Phi) is 6.09. The summed E-state index contributed by atoms with van der Waals surface area (Å²) in [7, 11) is 0. The third kappa shape index (κ3) is 4.49. The molecule has 4 aromatic rings. The number of ether oxygens (including phenoxy) is 1. The predicted molar refractivity (Wildman–Crippen MR) is 140 cm³/mol. The summed E-state index contributed by atoms with van der Waals surface area (Å²) in [6.45, 7) is 4.26. The fourth-order valence-electron chi connectivity index (χ4n) is 4.13. The zero-order valence-corrected chi connectivity index (χ0v) is 19.9. The summed E-state index contributed by atoms with van der Waals surface area (Å²) < 4.78 is 6.16. The van der Waals surface area contributed by atoms with Crippen LogP contribution in [0.2, 0.25) is 0 Å². The van der Waals surface area contributed by atoms with E-state index in [4.69, 9.17) is 4.74 Å². The minimum Gasteiger partial charge on any atom is -0.488 e. The van der Waals surface area contributed by atoms with E-state index >= 15 is 0 Å². The van der Waals surface area contributed by atoms with Crippen molar-refractivity contribution in [1.29, 1.82) is 0 Å². The molecule has 6 heteroatoms. The molecule has 1 N–H and O–H groups in total.